The highest BCUT2D eigenvalue weighted by molar-refractivity contribution is 5.47. The first-order chi connectivity index (χ1) is 9.11. The number of nitrogens with zero attached hydrogens (tertiary/aromatic N) is 2. The molecule has 3 heteroatoms. The van der Waals surface area contributed by atoms with Gasteiger partial charge in [0.05, 0.1) is 17.6 Å². The second-order valence-corrected chi connectivity index (χ2v) is 5.96. The third-order valence-corrected chi connectivity index (χ3v) is 4.03. The van der Waals surface area contributed by atoms with E-state index in [9.17, 15) is 0 Å². The van der Waals surface area contributed by atoms with Gasteiger partial charge in [0.1, 0.15) is 0 Å². The SMILES string of the molecule is CCCNC(C)c1ccc(N2CC(C)CC2C)cn1. The van der Waals surface area contributed by atoms with Gasteiger partial charge in [-0.05, 0) is 51.3 Å². The van der Waals surface area contributed by atoms with Gasteiger partial charge in [0.2, 0.25) is 0 Å². The molecule has 1 N–H and O–H groups in total. The van der Waals surface area contributed by atoms with Gasteiger partial charge < -0.3 is 10.2 Å². The molecule has 2 rings (SSSR count). The topological polar surface area (TPSA) is 28.2 Å². The predicted octanol–water partition coefficient (Wildman–Crippen LogP) is 3.38. The number of pyridine rings is 1. The molecule has 0 spiro atoms. The van der Waals surface area contributed by atoms with Crippen LogP contribution in [0.5, 0.6) is 0 Å². The van der Waals surface area contributed by atoms with Crippen LogP contribution in [-0.4, -0.2) is 24.1 Å². The molecule has 1 aromatic rings. The second kappa shape index (κ2) is 6.38. The fourth-order valence-corrected chi connectivity index (χ4v) is 2.95. The van der Waals surface area contributed by atoms with Gasteiger partial charge in [0.25, 0.3) is 0 Å². The number of hydrogen-bond donors (Lipinski definition) is 1. The molecule has 1 aliphatic rings. The summed E-state index contributed by atoms with van der Waals surface area (Å²) in [5.74, 6) is 0.792. The minimum absolute atomic E-state index is 0.337. The molecule has 0 aromatic carbocycles. The molecule has 3 nitrogen and oxygen atoms in total. The van der Waals surface area contributed by atoms with Crippen molar-refractivity contribution < 1.29 is 0 Å². The normalized spacial score (nSPS) is 24.7. The van der Waals surface area contributed by atoms with Crippen molar-refractivity contribution in [1.29, 1.82) is 0 Å². The summed E-state index contributed by atoms with van der Waals surface area (Å²) in [4.78, 5) is 7.11. The highest BCUT2D eigenvalue weighted by atomic mass is 15.2. The Morgan fingerprint density at radius 3 is 2.74 bits per heavy atom. The summed E-state index contributed by atoms with van der Waals surface area (Å²) in [7, 11) is 0. The monoisotopic (exact) mass is 261 g/mol. The van der Waals surface area contributed by atoms with Gasteiger partial charge in [0.15, 0.2) is 0 Å². The smallest absolute Gasteiger partial charge is 0.0572 e. The van der Waals surface area contributed by atoms with Gasteiger partial charge in [-0.15, -0.1) is 0 Å². The minimum Gasteiger partial charge on any atom is -0.367 e. The largest absolute Gasteiger partial charge is 0.367 e. The Hall–Kier alpha value is -1.09. The van der Waals surface area contributed by atoms with Crippen LogP contribution in [0.15, 0.2) is 18.3 Å². The highest BCUT2D eigenvalue weighted by Gasteiger charge is 2.26. The maximum Gasteiger partial charge on any atom is 0.0572 e. The third kappa shape index (κ3) is 3.47. The van der Waals surface area contributed by atoms with Gasteiger partial charge >= 0.3 is 0 Å². The molecular weight excluding hydrogens is 234 g/mol. The van der Waals surface area contributed by atoms with Crippen LogP contribution in [0.2, 0.25) is 0 Å². The van der Waals surface area contributed by atoms with Gasteiger partial charge in [-0.3, -0.25) is 4.98 Å². The number of nitrogens with one attached hydrogen (secondary N) is 1. The Labute approximate surface area is 117 Å². The number of anilines is 1. The lowest BCUT2D eigenvalue weighted by atomic mass is 10.1. The summed E-state index contributed by atoms with van der Waals surface area (Å²) in [6.45, 7) is 11.2. The molecule has 0 aliphatic carbocycles. The molecule has 2 heterocycles. The van der Waals surface area contributed by atoms with Crippen LogP contribution >= 0.6 is 0 Å². The van der Waals surface area contributed by atoms with Crippen LogP contribution in [0.4, 0.5) is 5.69 Å². The third-order valence-electron chi connectivity index (χ3n) is 4.03. The zero-order chi connectivity index (χ0) is 13.8. The van der Waals surface area contributed by atoms with E-state index < -0.39 is 0 Å². The van der Waals surface area contributed by atoms with E-state index in [1.54, 1.807) is 0 Å². The zero-order valence-corrected chi connectivity index (χ0v) is 12.7. The molecular formula is C16H27N3. The maximum atomic E-state index is 4.63. The van der Waals surface area contributed by atoms with Crippen molar-refractivity contribution in [1.82, 2.24) is 10.3 Å². The van der Waals surface area contributed by atoms with E-state index in [4.69, 9.17) is 0 Å². The van der Waals surface area contributed by atoms with Crippen LogP contribution in [0.3, 0.4) is 0 Å². The van der Waals surface area contributed by atoms with Gasteiger partial charge in [-0.1, -0.05) is 13.8 Å². The number of hydrogen-bond acceptors (Lipinski definition) is 3. The fraction of sp³-hybridized carbons (Fsp3) is 0.688. The van der Waals surface area contributed by atoms with E-state index in [1.165, 1.54) is 12.1 Å². The Kier molecular flexibility index (Phi) is 4.81. The summed E-state index contributed by atoms with van der Waals surface area (Å²) in [6, 6.07) is 5.36. The average Bonchev–Trinajstić information content (AvgIpc) is 2.75. The van der Waals surface area contributed by atoms with E-state index in [2.05, 4.69) is 55.0 Å². The van der Waals surface area contributed by atoms with Gasteiger partial charge in [-0.25, -0.2) is 0 Å². The van der Waals surface area contributed by atoms with E-state index in [-0.39, 0.29) is 0 Å². The quantitative estimate of drug-likeness (QED) is 0.880. The molecule has 106 valence electrons. The summed E-state index contributed by atoms with van der Waals surface area (Å²) in [5.41, 5.74) is 2.40. The van der Waals surface area contributed by atoms with Crippen molar-refractivity contribution in [2.45, 2.75) is 52.6 Å². The Morgan fingerprint density at radius 1 is 1.42 bits per heavy atom. The molecule has 0 radical (unpaired) electrons. The minimum atomic E-state index is 0.337. The predicted molar refractivity (Wildman–Crippen MR) is 81.5 cm³/mol. The van der Waals surface area contributed by atoms with Crippen LogP contribution < -0.4 is 10.2 Å². The molecule has 0 bridgehead atoms. The molecule has 3 unspecified atom stereocenters. The number of rotatable bonds is 5. The zero-order valence-electron chi connectivity index (χ0n) is 12.7. The Balaban J connectivity index is 2.02. The molecule has 19 heavy (non-hydrogen) atoms. The summed E-state index contributed by atoms with van der Waals surface area (Å²) < 4.78 is 0. The van der Waals surface area contributed by atoms with Crippen LogP contribution in [-0.2, 0) is 0 Å². The van der Waals surface area contributed by atoms with Gasteiger partial charge in [0, 0.05) is 18.6 Å². The van der Waals surface area contributed by atoms with Crippen LogP contribution in [0.1, 0.15) is 52.3 Å². The lowest BCUT2D eigenvalue weighted by Crippen LogP contribution is -2.27. The van der Waals surface area contributed by atoms with Crippen molar-refractivity contribution in [3.63, 3.8) is 0 Å². The summed E-state index contributed by atoms with van der Waals surface area (Å²) >= 11 is 0. The van der Waals surface area contributed by atoms with Gasteiger partial charge in [-0.2, -0.15) is 0 Å². The molecule has 0 saturated carbocycles. The highest BCUT2D eigenvalue weighted by Crippen LogP contribution is 2.28. The first-order valence-electron chi connectivity index (χ1n) is 7.57. The van der Waals surface area contributed by atoms with Crippen molar-refractivity contribution in [2.75, 3.05) is 18.0 Å². The maximum absolute atomic E-state index is 4.63. The second-order valence-electron chi connectivity index (χ2n) is 5.96. The van der Waals surface area contributed by atoms with E-state index in [0.29, 0.717) is 12.1 Å². The number of aromatic nitrogens is 1. The molecule has 1 aliphatic heterocycles. The lowest BCUT2D eigenvalue weighted by Gasteiger charge is -2.24. The lowest BCUT2D eigenvalue weighted by molar-refractivity contribution is 0.558. The standard InChI is InChI=1S/C16H27N3/c1-5-8-17-14(4)16-7-6-15(10-18-16)19-11-12(2)9-13(19)3/h6-7,10,12-14,17H,5,8-9,11H2,1-4H3. The molecule has 1 saturated heterocycles. The average molecular weight is 261 g/mol. The Bertz CT molecular complexity index is 387. The molecule has 1 aromatic heterocycles. The van der Waals surface area contributed by atoms with Crippen LogP contribution in [0, 0.1) is 5.92 Å². The van der Waals surface area contributed by atoms with Crippen molar-refractivity contribution in [2.24, 2.45) is 5.92 Å². The van der Waals surface area contributed by atoms with Crippen molar-refractivity contribution >= 4 is 5.69 Å². The Morgan fingerprint density at radius 2 is 2.21 bits per heavy atom. The molecule has 3 atom stereocenters. The van der Waals surface area contributed by atoms with E-state index in [1.807, 2.05) is 6.20 Å². The molecule has 1 fully saturated rings. The van der Waals surface area contributed by atoms with E-state index >= 15 is 0 Å². The first kappa shape index (κ1) is 14.3. The van der Waals surface area contributed by atoms with Crippen molar-refractivity contribution in [3.05, 3.63) is 24.0 Å². The van der Waals surface area contributed by atoms with E-state index in [0.717, 1.165) is 31.1 Å². The molecule has 0 amide bonds. The van der Waals surface area contributed by atoms with Crippen molar-refractivity contribution in [3.8, 4) is 0 Å². The summed E-state index contributed by atoms with van der Waals surface area (Å²) in [6.07, 6.45) is 4.48. The fourth-order valence-electron chi connectivity index (χ4n) is 2.95. The first-order valence-corrected chi connectivity index (χ1v) is 7.57. The summed E-state index contributed by atoms with van der Waals surface area (Å²) in [5, 5.41) is 3.48. The van der Waals surface area contributed by atoms with Crippen LogP contribution in [0.25, 0.3) is 0 Å².